The molecule has 0 saturated heterocycles. The number of hydrogen-bond donors (Lipinski definition) is 0. The summed E-state index contributed by atoms with van der Waals surface area (Å²) < 4.78 is 81.1. The smallest absolute Gasteiger partial charge is 0.379 e. The van der Waals surface area contributed by atoms with Gasteiger partial charge < -0.3 is 42.6 Å². The Morgan fingerprint density at radius 1 is 0.191 bits per heavy atom. The van der Waals surface area contributed by atoms with Crippen LogP contribution in [0.25, 0.3) is 0 Å². The van der Waals surface area contributed by atoms with Crippen LogP contribution < -0.4 is 0 Å². The van der Waals surface area contributed by atoms with E-state index in [1.54, 1.807) is 0 Å². The molecule has 0 heterocycles. The maximum absolute atomic E-state index is 13.4. The largest absolute Gasteiger partial charge is 0.475 e. The fraction of sp³-hybridized carbons (Fsp3) is 1.00. The van der Waals surface area contributed by atoms with Crippen LogP contribution in [0.15, 0.2) is 0 Å². The van der Waals surface area contributed by atoms with Crippen LogP contribution in [-0.2, 0) is 60.8 Å². The number of unbranched alkanes of at least 4 members (excludes halogenated alkanes) is 27. The number of hydrogen-bond acceptors (Lipinski definition) is 13. The number of phosphoric acid groups is 1. The minimum atomic E-state index is -3.88. The van der Waals surface area contributed by atoms with E-state index >= 15 is 0 Å². The van der Waals surface area contributed by atoms with Gasteiger partial charge in [-0.3, -0.25) is 13.6 Å². The molecule has 0 radical (unpaired) electrons. The van der Waals surface area contributed by atoms with E-state index in [1.165, 1.54) is 173 Å². The molecule has 0 aromatic heterocycles. The SMILES string of the molecule is CCCCCCCCCCCCOCCOCCOCCOP(=O)(OCCOCCOCCOCCCCCCCCCCCC)OCCOCCOCCOCCCCCCCCCCCC. The van der Waals surface area contributed by atoms with E-state index in [0.717, 1.165) is 39.1 Å². The van der Waals surface area contributed by atoms with Crippen LogP contribution in [0, 0.1) is 0 Å². The molecule has 0 spiro atoms. The van der Waals surface area contributed by atoms with Crippen molar-refractivity contribution in [3.05, 3.63) is 0 Å². The first-order valence-electron chi connectivity index (χ1n) is 28.4. The molecule has 68 heavy (non-hydrogen) atoms. The molecule has 14 heteroatoms. The van der Waals surface area contributed by atoms with Gasteiger partial charge in [-0.25, -0.2) is 4.57 Å². The van der Waals surface area contributed by atoms with Crippen molar-refractivity contribution >= 4 is 7.82 Å². The Balaban J connectivity index is 4.09. The second kappa shape index (κ2) is 61.1. The summed E-state index contributed by atoms with van der Waals surface area (Å²) in [6.07, 6.45) is 39.5. The van der Waals surface area contributed by atoms with Crippen LogP contribution in [0.1, 0.15) is 213 Å². The maximum atomic E-state index is 13.4. The van der Waals surface area contributed by atoms with Gasteiger partial charge in [0, 0.05) is 19.8 Å². The van der Waals surface area contributed by atoms with E-state index in [4.69, 9.17) is 56.2 Å². The average Bonchev–Trinajstić information content (AvgIpc) is 3.34. The third-order valence-electron chi connectivity index (χ3n) is 11.6. The van der Waals surface area contributed by atoms with E-state index in [1.807, 2.05) is 0 Å². The molecule has 0 atom stereocenters. The Morgan fingerprint density at radius 3 is 0.529 bits per heavy atom. The summed E-state index contributed by atoms with van der Waals surface area (Å²) in [4.78, 5) is 0. The van der Waals surface area contributed by atoms with E-state index in [-0.39, 0.29) is 39.6 Å². The first-order chi connectivity index (χ1) is 33.7. The van der Waals surface area contributed by atoms with E-state index in [0.29, 0.717) is 79.3 Å². The van der Waals surface area contributed by atoms with Crippen molar-refractivity contribution in [2.75, 3.05) is 139 Å². The van der Waals surface area contributed by atoms with Crippen molar-refractivity contribution in [2.24, 2.45) is 0 Å². The lowest BCUT2D eigenvalue weighted by molar-refractivity contribution is -0.00712. The van der Waals surface area contributed by atoms with Crippen LogP contribution in [0.2, 0.25) is 0 Å². The first-order valence-corrected chi connectivity index (χ1v) is 29.9. The monoisotopic (exact) mass is 999 g/mol. The zero-order valence-electron chi connectivity index (χ0n) is 44.8. The summed E-state index contributed by atoms with van der Waals surface area (Å²) in [5, 5.41) is 0. The standard InChI is InChI=1S/C54H111O13P/c1-4-7-10-13-16-19-22-25-28-31-34-56-37-40-59-43-46-62-49-52-65-68(55,66-53-50-63-47-44-60-41-38-57-35-32-29-26-23-20-17-14-11-8-5-2)67-54-51-64-48-45-61-42-39-58-36-33-30-27-24-21-18-15-12-9-6-3/h4-54H2,1-3H3. The van der Waals surface area contributed by atoms with E-state index in [2.05, 4.69) is 20.8 Å². The van der Waals surface area contributed by atoms with Gasteiger partial charge in [-0.15, -0.1) is 0 Å². The van der Waals surface area contributed by atoms with Gasteiger partial charge in [-0.05, 0) is 19.3 Å². The number of rotatable bonds is 63. The molecule has 0 bridgehead atoms. The Morgan fingerprint density at radius 2 is 0.338 bits per heavy atom. The van der Waals surface area contributed by atoms with Crippen LogP contribution >= 0.6 is 7.82 Å². The third kappa shape index (κ3) is 58.3. The molecule has 0 fully saturated rings. The van der Waals surface area contributed by atoms with Gasteiger partial charge in [-0.1, -0.05) is 194 Å². The summed E-state index contributed by atoms with van der Waals surface area (Å²) in [5.41, 5.74) is 0. The van der Waals surface area contributed by atoms with Gasteiger partial charge in [0.05, 0.1) is 119 Å². The molecule has 410 valence electrons. The van der Waals surface area contributed by atoms with Crippen LogP contribution in [0.4, 0.5) is 0 Å². The first kappa shape index (κ1) is 67.8. The van der Waals surface area contributed by atoms with Gasteiger partial charge >= 0.3 is 7.82 Å². The predicted octanol–water partition coefficient (Wildman–Crippen LogP) is 14.1. The summed E-state index contributed by atoms with van der Waals surface area (Å²) in [6.45, 7) is 15.7. The molecule has 0 aromatic rings. The molecule has 0 rings (SSSR count). The molecule has 0 unspecified atom stereocenters. The molecular weight excluding hydrogens is 888 g/mol. The Hall–Kier alpha value is -0.250. The fourth-order valence-corrected chi connectivity index (χ4v) is 8.55. The van der Waals surface area contributed by atoms with Crippen molar-refractivity contribution in [3.8, 4) is 0 Å². The molecule has 0 amide bonds. The van der Waals surface area contributed by atoms with Crippen molar-refractivity contribution in [1.29, 1.82) is 0 Å². The van der Waals surface area contributed by atoms with Crippen molar-refractivity contribution in [3.63, 3.8) is 0 Å². The molecule has 0 N–H and O–H groups in total. The number of ether oxygens (including phenoxy) is 9. The van der Waals surface area contributed by atoms with Crippen molar-refractivity contribution in [1.82, 2.24) is 0 Å². The molecule has 0 saturated carbocycles. The van der Waals surface area contributed by atoms with Crippen molar-refractivity contribution < 1.29 is 60.8 Å². The van der Waals surface area contributed by atoms with Crippen LogP contribution in [-0.4, -0.2) is 139 Å². The van der Waals surface area contributed by atoms with Gasteiger partial charge in [-0.2, -0.15) is 0 Å². The highest BCUT2D eigenvalue weighted by atomic mass is 31.2. The topological polar surface area (TPSA) is 128 Å². The fourth-order valence-electron chi connectivity index (χ4n) is 7.44. The Kier molecular flexibility index (Phi) is 60.8. The minimum Gasteiger partial charge on any atom is -0.379 e. The lowest BCUT2D eigenvalue weighted by Crippen LogP contribution is -2.15. The molecule has 13 nitrogen and oxygen atoms in total. The quantitative estimate of drug-likeness (QED) is 0.0424. The van der Waals surface area contributed by atoms with Crippen molar-refractivity contribution in [2.45, 2.75) is 213 Å². The van der Waals surface area contributed by atoms with Crippen LogP contribution in [0.3, 0.4) is 0 Å². The minimum absolute atomic E-state index is 0.0329. The summed E-state index contributed by atoms with van der Waals surface area (Å²) in [6, 6.07) is 0. The molecule has 0 aliphatic rings. The normalized spacial score (nSPS) is 12.0. The average molecular weight is 999 g/mol. The summed E-state index contributed by atoms with van der Waals surface area (Å²) in [5.74, 6) is 0. The highest BCUT2D eigenvalue weighted by molar-refractivity contribution is 7.48. The highest BCUT2D eigenvalue weighted by Crippen LogP contribution is 2.49. The van der Waals surface area contributed by atoms with Gasteiger partial charge in [0.15, 0.2) is 0 Å². The molecular formula is C54H111O13P. The van der Waals surface area contributed by atoms with Gasteiger partial charge in [0.1, 0.15) is 0 Å². The second-order valence-corrected chi connectivity index (χ2v) is 19.7. The molecule has 0 aliphatic carbocycles. The second-order valence-electron chi connectivity index (χ2n) is 18.0. The maximum Gasteiger partial charge on any atom is 0.475 e. The zero-order valence-corrected chi connectivity index (χ0v) is 45.7. The van der Waals surface area contributed by atoms with Crippen LogP contribution in [0.5, 0.6) is 0 Å². The number of phosphoric ester groups is 1. The Bertz CT molecular complexity index is 839. The van der Waals surface area contributed by atoms with Gasteiger partial charge in [0.25, 0.3) is 0 Å². The third-order valence-corrected chi connectivity index (χ3v) is 13.1. The summed E-state index contributed by atoms with van der Waals surface area (Å²) >= 11 is 0. The van der Waals surface area contributed by atoms with Gasteiger partial charge in [0.2, 0.25) is 0 Å². The summed E-state index contributed by atoms with van der Waals surface area (Å²) in [7, 11) is -3.88. The molecule has 0 aliphatic heterocycles. The lowest BCUT2D eigenvalue weighted by atomic mass is 10.1. The predicted molar refractivity (Wildman–Crippen MR) is 278 cm³/mol. The zero-order chi connectivity index (χ0) is 49.0. The molecule has 0 aromatic carbocycles. The van der Waals surface area contributed by atoms with E-state index < -0.39 is 7.82 Å². The highest BCUT2D eigenvalue weighted by Gasteiger charge is 2.26. The Labute approximate surface area is 419 Å². The van der Waals surface area contributed by atoms with E-state index in [9.17, 15) is 4.57 Å². The lowest BCUT2D eigenvalue weighted by Gasteiger charge is -2.18.